The molecule has 1 nitrogen and oxygen atoms in total. The van der Waals surface area contributed by atoms with Crippen molar-refractivity contribution in [3.05, 3.63) is 63.9 Å². The molecule has 0 N–H and O–H groups in total. The topological polar surface area (TPSA) is 12.9 Å². The molecule has 19 heavy (non-hydrogen) atoms. The smallest absolute Gasteiger partial charge is 0.249 e. The van der Waals surface area contributed by atoms with Crippen LogP contribution in [0.1, 0.15) is 16.7 Å². The predicted molar refractivity (Wildman–Crippen MR) is 72.3 cm³/mol. The van der Waals surface area contributed by atoms with Gasteiger partial charge in [0.05, 0.1) is 5.56 Å². The van der Waals surface area contributed by atoms with Gasteiger partial charge in [0.15, 0.2) is 0 Å². The highest BCUT2D eigenvalue weighted by molar-refractivity contribution is 9.10. The zero-order valence-electron chi connectivity index (χ0n) is 9.66. The van der Waals surface area contributed by atoms with Crippen molar-refractivity contribution in [2.24, 2.45) is 0 Å². The van der Waals surface area contributed by atoms with E-state index < -0.39 is 11.7 Å². The molecule has 0 saturated heterocycles. The Morgan fingerprint density at radius 2 is 1.68 bits per heavy atom. The van der Waals surface area contributed by atoms with Gasteiger partial charge >= 0.3 is 6.18 Å². The molecule has 0 spiro atoms. The standard InChI is InChI=1S/C14H9BrF3N/c15-13-9-11(6-7-19-13)5-4-10-2-1-3-12(8-10)14(16,17)18/h1-9H/b5-4+. The zero-order valence-corrected chi connectivity index (χ0v) is 11.2. The minimum atomic E-state index is -4.32. The van der Waals surface area contributed by atoms with Crippen molar-refractivity contribution < 1.29 is 13.2 Å². The molecule has 0 radical (unpaired) electrons. The van der Waals surface area contributed by atoms with Crippen molar-refractivity contribution in [1.82, 2.24) is 4.98 Å². The molecule has 0 atom stereocenters. The maximum Gasteiger partial charge on any atom is 0.416 e. The molecule has 0 aliphatic carbocycles. The lowest BCUT2D eigenvalue weighted by atomic mass is 10.1. The molecule has 2 aromatic rings. The lowest BCUT2D eigenvalue weighted by Crippen LogP contribution is -2.04. The largest absolute Gasteiger partial charge is 0.416 e. The number of hydrogen-bond acceptors (Lipinski definition) is 1. The molecule has 0 saturated carbocycles. The van der Waals surface area contributed by atoms with Crippen molar-refractivity contribution in [3.8, 4) is 0 Å². The van der Waals surface area contributed by atoms with Crippen LogP contribution >= 0.6 is 15.9 Å². The van der Waals surface area contributed by atoms with Gasteiger partial charge in [0.1, 0.15) is 4.60 Å². The number of hydrogen-bond donors (Lipinski definition) is 0. The average Bonchev–Trinajstić information content (AvgIpc) is 2.36. The molecule has 98 valence electrons. The monoisotopic (exact) mass is 327 g/mol. The van der Waals surface area contributed by atoms with Crippen LogP contribution in [-0.2, 0) is 6.18 Å². The summed E-state index contributed by atoms with van der Waals surface area (Å²) < 4.78 is 38.3. The maximum atomic E-state index is 12.5. The van der Waals surface area contributed by atoms with Crippen molar-refractivity contribution in [3.63, 3.8) is 0 Å². The summed E-state index contributed by atoms with van der Waals surface area (Å²) in [5.41, 5.74) is 0.715. The Morgan fingerprint density at radius 1 is 1.00 bits per heavy atom. The SMILES string of the molecule is FC(F)(F)c1cccc(/C=C/c2ccnc(Br)c2)c1. The average molecular weight is 328 g/mol. The summed E-state index contributed by atoms with van der Waals surface area (Å²) in [5.74, 6) is 0. The van der Waals surface area contributed by atoms with Crippen LogP contribution in [0.4, 0.5) is 13.2 Å². The van der Waals surface area contributed by atoms with Gasteiger partial charge in [0.25, 0.3) is 0 Å². The molecule has 0 aliphatic rings. The summed E-state index contributed by atoms with van der Waals surface area (Å²) in [5, 5.41) is 0. The molecule has 1 aromatic carbocycles. The van der Waals surface area contributed by atoms with E-state index in [1.54, 1.807) is 36.5 Å². The summed E-state index contributed by atoms with van der Waals surface area (Å²) in [4.78, 5) is 3.98. The third-order valence-electron chi connectivity index (χ3n) is 2.43. The number of aromatic nitrogens is 1. The van der Waals surface area contributed by atoms with Gasteiger partial charge in [-0.15, -0.1) is 0 Å². The van der Waals surface area contributed by atoms with E-state index in [9.17, 15) is 13.2 Å². The highest BCUT2D eigenvalue weighted by atomic mass is 79.9. The fraction of sp³-hybridized carbons (Fsp3) is 0.0714. The maximum absolute atomic E-state index is 12.5. The first-order valence-electron chi connectivity index (χ1n) is 5.42. The molecule has 0 unspecified atom stereocenters. The number of nitrogens with zero attached hydrogens (tertiary/aromatic N) is 1. The van der Waals surface area contributed by atoms with Gasteiger partial charge < -0.3 is 0 Å². The van der Waals surface area contributed by atoms with Gasteiger partial charge in [0.2, 0.25) is 0 Å². The normalized spacial score (nSPS) is 12.0. The summed E-state index contributed by atoms with van der Waals surface area (Å²) in [6.45, 7) is 0. The van der Waals surface area contributed by atoms with E-state index in [1.807, 2.05) is 0 Å². The molecule has 5 heteroatoms. The van der Waals surface area contributed by atoms with Crippen molar-refractivity contribution >= 4 is 28.1 Å². The Labute approximate surface area is 116 Å². The van der Waals surface area contributed by atoms with Crippen LogP contribution in [0.5, 0.6) is 0 Å². The van der Waals surface area contributed by atoms with Crippen molar-refractivity contribution in [1.29, 1.82) is 0 Å². The summed E-state index contributed by atoms with van der Waals surface area (Å²) in [6.07, 6.45) is 0.679. The molecule has 0 fully saturated rings. The quantitative estimate of drug-likeness (QED) is 0.705. The number of pyridine rings is 1. The minimum absolute atomic E-state index is 0.503. The zero-order chi connectivity index (χ0) is 13.9. The highest BCUT2D eigenvalue weighted by Gasteiger charge is 2.30. The minimum Gasteiger partial charge on any atom is -0.249 e. The first-order chi connectivity index (χ1) is 8.95. The van der Waals surface area contributed by atoms with E-state index >= 15 is 0 Å². The lowest BCUT2D eigenvalue weighted by molar-refractivity contribution is -0.137. The molecule has 1 heterocycles. The molecule has 1 aromatic heterocycles. The van der Waals surface area contributed by atoms with E-state index in [0.717, 1.165) is 17.7 Å². The van der Waals surface area contributed by atoms with Crippen LogP contribution < -0.4 is 0 Å². The Bertz CT molecular complexity index is 606. The number of benzene rings is 1. The third kappa shape index (κ3) is 3.92. The van der Waals surface area contributed by atoms with Crippen LogP contribution in [-0.4, -0.2) is 4.98 Å². The van der Waals surface area contributed by atoms with Crippen molar-refractivity contribution in [2.75, 3.05) is 0 Å². The molecular formula is C14H9BrF3N. The fourth-order valence-electron chi connectivity index (χ4n) is 1.53. The summed E-state index contributed by atoms with van der Waals surface area (Å²) in [7, 11) is 0. The van der Waals surface area contributed by atoms with Crippen LogP contribution in [0.2, 0.25) is 0 Å². The van der Waals surface area contributed by atoms with Gasteiger partial charge in [-0.25, -0.2) is 4.98 Å². The third-order valence-corrected chi connectivity index (χ3v) is 2.87. The van der Waals surface area contributed by atoms with E-state index in [0.29, 0.717) is 10.2 Å². The second kappa shape index (κ2) is 5.57. The van der Waals surface area contributed by atoms with Crippen LogP contribution in [0.3, 0.4) is 0 Å². The lowest BCUT2D eigenvalue weighted by Gasteiger charge is -2.06. The van der Waals surface area contributed by atoms with E-state index in [-0.39, 0.29) is 0 Å². The number of halogens is 4. The van der Waals surface area contributed by atoms with E-state index in [1.165, 1.54) is 6.07 Å². The van der Waals surface area contributed by atoms with Gasteiger partial charge in [-0.1, -0.05) is 24.3 Å². The van der Waals surface area contributed by atoms with Crippen LogP contribution in [0.25, 0.3) is 12.2 Å². The number of rotatable bonds is 2. The first-order valence-corrected chi connectivity index (χ1v) is 6.21. The summed E-state index contributed by atoms with van der Waals surface area (Å²) >= 11 is 3.23. The second-order valence-corrected chi connectivity index (χ2v) is 4.68. The number of alkyl halides is 3. The Morgan fingerprint density at radius 3 is 2.32 bits per heavy atom. The fourth-order valence-corrected chi connectivity index (χ4v) is 1.91. The molecule has 0 bridgehead atoms. The van der Waals surface area contributed by atoms with E-state index in [4.69, 9.17) is 0 Å². The van der Waals surface area contributed by atoms with Crippen LogP contribution in [0, 0.1) is 0 Å². The molecule has 0 amide bonds. The van der Waals surface area contributed by atoms with E-state index in [2.05, 4.69) is 20.9 Å². The van der Waals surface area contributed by atoms with Gasteiger partial charge in [-0.3, -0.25) is 0 Å². The van der Waals surface area contributed by atoms with Gasteiger partial charge in [-0.05, 0) is 51.3 Å². The Balaban J connectivity index is 2.24. The second-order valence-electron chi connectivity index (χ2n) is 3.87. The van der Waals surface area contributed by atoms with Crippen molar-refractivity contribution in [2.45, 2.75) is 6.18 Å². The Kier molecular flexibility index (Phi) is 4.04. The molecular weight excluding hydrogens is 319 g/mol. The molecule has 0 aliphatic heterocycles. The predicted octanol–water partition coefficient (Wildman–Crippen LogP) is 5.03. The van der Waals surface area contributed by atoms with Gasteiger partial charge in [0, 0.05) is 6.20 Å². The Hall–Kier alpha value is -1.62. The van der Waals surface area contributed by atoms with Gasteiger partial charge in [-0.2, -0.15) is 13.2 Å². The van der Waals surface area contributed by atoms with Crippen LogP contribution in [0.15, 0.2) is 47.2 Å². The summed E-state index contributed by atoms with van der Waals surface area (Å²) in [6, 6.07) is 8.75. The molecule has 2 rings (SSSR count). The first kappa shape index (κ1) is 13.8. The highest BCUT2D eigenvalue weighted by Crippen LogP contribution is 2.29.